The van der Waals surface area contributed by atoms with Crippen molar-refractivity contribution in [3.05, 3.63) is 34.9 Å². The fourth-order valence-corrected chi connectivity index (χ4v) is 1.63. The first-order chi connectivity index (χ1) is 7.06. The Labute approximate surface area is 91.3 Å². The summed E-state index contributed by atoms with van der Waals surface area (Å²) in [4.78, 5) is 11.9. The first kappa shape index (κ1) is 11.9. The van der Waals surface area contributed by atoms with Gasteiger partial charge >= 0.3 is 0 Å². The van der Waals surface area contributed by atoms with Crippen molar-refractivity contribution in [2.45, 2.75) is 33.8 Å². The molecule has 1 unspecified atom stereocenters. The van der Waals surface area contributed by atoms with Crippen LogP contribution in [0.25, 0.3) is 0 Å². The van der Waals surface area contributed by atoms with Crippen molar-refractivity contribution in [2.24, 2.45) is 0 Å². The van der Waals surface area contributed by atoms with E-state index in [0.717, 1.165) is 11.1 Å². The van der Waals surface area contributed by atoms with Crippen LogP contribution in [0.4, 0.5) is 0 Å². The largest absolute Gasteiger partial charge is 0.371 e. The van der Waals surface area contributed by atoms with E-state index in [1.54, 1.807) is 6.92 Å². The number of hydrogen-bond acceptors (Lipinski definition) is 2. The number of rotatable bonds is 4. The summed E-state index contributed by atoms with van der Waals surface area (Å²) >= 11 is 0. The van der Waals surface area contributed by atoms with Crippen molar-refractivity contribution in [1.82, 2.24) is 0 Å². The Morgan fingerprint density at radius 3 is 2.60 bits per heavy atom. The summed E-state index contributed by atoms with van der Waals surface area (Å²) < 4.78 is 5.29. The van der Waals surface area contributed by atoms with E-state index >= 15 is 0 Å². The zero-order valence-electron chi connectivity index (χ0n) is 9.83. The molecule has 0 aliphatic carbocycles. The van der Waals surface area contributed by atoms with Crippen LogP contribution < -0.4 is 0 Å². The third-order valence-electron chi connectivity index (χ3n) is 2.43. The molecule has 2 nitrogen and oxygen atoms in total. The van der Waals surface area contributed by atoms with Gasteiger partial charge in [-0.25, -0.2) is 0 Å². The van der Waals surface area contributed by atoms with Gasteiger partial charge in [0.15, 0.2) is 5.78 Å². The highest BCUT2D eigenvalue weighted by atomic mass is 16.5. The Balaban J connectivity index is 2.91. The summed E-state index contributed by atoms with van der Waals surface area (Å²) in [5.41, 5.74) is 2.96. The van der Waals surface area contributed by atoms with Gasteiger partial charge in [0.1, 0.15) is 6.10 Å². The third-order valence-corrected chi connectivity index (χ3v) is 2.43. The predicted octanol–water partition coefficient (Wildman–Crippen LogP) is 2.91. The molecule has 0 saturated carbocycles. The number of ketones is 1. The van der Waals surface area contributed by atoms with Gasteiger partial charge in [-0.1, -0.05) is 23.8 Å². The zero-order chi connectivity index (χ0) is 11.4. The minimum absolute atomic E-state index is 0.0642. The van der Waals surface area contributed by atoms with E-state index in [1.165, 1.54) is 5.56 Å². The summed E-state index contributed by atoms with van der Waals surface area (Å²) in [5.74, 6) is 0.0642. The Hall–Kier alpha value is -1.15. The van der Waals surface area contributed by atoms with Crippen molar-refractivity contribution < 1.29 is 9.53 Å². The molecule has 0 bridgehead atoms. The Bertz CT molecular complexity index is 356. The van der Waals surface area contributed by atoms with E-state index in [2.05, 4.69) is 0 Å². The molecule has 2 heteroatoms. The highest BCUT2D eigenvalue weighted by Gasteiger charge is 2.16. The maximum absolute atomic E-state index is 11.9. The van der Waals surface area contributed by atoms with Gasteiger partial charge in [-0.3, -0.25) is 4.79 Å². The lowest BCUT2D eigenvalue weighted by atomic mass is 10.00. The first-order valence-corrected chi connectivity index (χ1v) is 5.29. The van der Waals surface area contributed by atoms with Crippen molar-refractivity contribution >= 4 is 5.78 Å². The second kappa shape index (κ2) is 5.08. The van der Waals surface area contributed by atoms with Crippen molar-refractivity contribution in [3.63, 3.8) is 0 Å². The van der Waals surface area contributed by atoms with Crippen LogP contribution in [-0.2, 0) is 4.74 Å². The fourth-order valence-electron chi connectivity index (χ4n) is 1.63. The van der Waals surface area contributed by atoms with Gasteiger partial charge in [-0.2, -0.15) is 0 Å². The second-order valence-corrected chi connectivity index (χ2v) is 3.78. The van der Waals surface area contributed by atoms with E-state index in [4.69, 9.17) is 4.74 Å². The van der Waals surface area contributed by atoms with E-state index in [1.807, 2.05) is 39.0 Å². The first-order valence-electron chi connectivity index (χ1n) is 5.29. The van der Waals surface area contributed by atoms with Gasteiger partial charge in [0.2, 0.25) is 0 Å². The maximum atomic E-state index is 11.9. The quantitative estimate of drug-likeness (QED) is 0.708. The molecule has 1 rings (SSSR count). The Morgan fingerprint density at radius 1 is 1.40 bits per heavy atom. The summed E-state index contributed by atoms with van der Waals surface area (Å²) in [6.07, 6.45) is -0.351. The van der Waals surface area contributed by atoms with Gasteiger partial charge in [-0.15, -0.1) is 0 Å². The average Bonchev–Trinajstić information content (AvgIpc) is 2.17. The molecule has 0 saturated heterocycles. The lowest BCUT2D eigenvalue weighted by Crippen LogP contribution is -2.21. The molecule has 0 aliphatic heterocycles. The fraction of sp³-hybridized carbons (Fsp3) is 0.462. The summed E-state index contributed by atoms with van der Waals surface area (Å²) in [5, 5.41) is 0. The number of carbonyl (C=O) groups is 1. The van der Waals surface area contributed by atoms with Crippen molar-refractivity contribution in [2.75, 3.05) is 6.61 Å². The molecule has 1 atom stereocenters. The van der Waals surface area contributed by atoms with Crippen LogP contribution in [0.5, 0.6) is 0 Å². The SMILES string of the molecule is CCOC(C)C(=O)c1ccc(C)cc1C. The van der Waals surface area contributed by atoms with Crippen LogP contribution in [0.3, 0.4) is 0 Å². The molecule has 0 aromatic heterocycles. The van der Waals surface area contributed by atoms with Gasteiger partial charge in [0.25, 0.3) is 0 Å². The molecule has 1 aromatic rings. The molecule has 0 fully saturated rings. The molecular formula is C13H18O2. The molecule has 0 N–H and O–H groups in total. The highest BCUT2D eigenvalue weighted by molar-refractivity contribution is 6.00. The van der Waals surface area contributed by atoms with Crippen LogP contribution in [0.2, 0.25) is 0 Å². The molecular weight excluding hydrogens is 188 g/mol. The number of hydrogen-bond donors (Lipinski definition) is 0. The van der Waals surface area contributed by atoms with Crippen LogP contribution in [0.1, 0.15) is 35.3 Å². The number of ether oxygens (including phenoxy) is 1. The molecule has 0 aliphatic rings. The number of Topliss-reactive ketones (excluding diaryl/α,β-unsaturated/α-hetero) is 1. The highest BCUT2D eigenvalue weighted by Crippen LogP contribution is 2.13. The smallest absolute Gasteiger partial charge is 0.191 e. The molecule has 0 radical (unpaired) electrons. The molecule has 15 heavy (non-hydrogen) atoms. The maximum Gasteiger partial charge on any atom is 0.191 e. The average molecular weight is 206 g/mol. The van der Waals surface area contributed by atoms with Crippen LogP contribution in [0.15, 0.2) is 18.2 Å². The Morgan fingerprint density at radius 2 is 2.07 bits per heavy atom. The van der Waals surface area contributed by atoms with Crippen LogP contribution in [0, 0.1) is 13.8 Å². The topological polar surface area (TPSA) is 26.3 Å². The van der Waals surface area contributed by atoms with Gasteiger partial charge in [0.05, 0.1) is 0 Å². The van der Waals surface area contributed by atoms with Gasteiger partial charge in [0, 0.05) is 12.2 Å². The monoisotopic (exact) mass is 206 g/mol. The van der Waals surface area contributed by atoms with Crippen molar-refractivity contribution in [3.8, 4) is 0 Å². The van der Waals surface area contributed by atoms with E-state index in [9.17, 15) is 4.79 Å². The van der Waals surface area contributed by atoms with Gasteiger partial charge < -0.3 is 4.74 Å². The van der Waals surface area contributed by atoms with Crippen molar-refractivity contribution in [1.29, 1.82) is 0 Å². The number of carbonyl (C=O) groups excluding carboxylic acids is 1. The normalized spacial score (nSPS) is 12.5. The lowest BCUT2D eigenvalue weighted by molar-refractivity contribution is 0.0520. The van der Waals surface area contributed by atoms with Crippen LogP contribution >= 0.6 is 0 Å². The molecule has 1 aromatic carbocycles. The van der Waals surface area contributed by atoms with E-state index in [-0.39, 0.29) is 11.9 Å². The minimum atomic E-state index is -0.351. The zero-order valence-corrected chi connectivity index (χ0v) is 9.83. The van der Waals surface area contributed by atoms with Gasteiger partial charge in [-0.05, 0) is 33.3 Å². The van der Waals surface area contributed by atoms with E-state index < -0.39 is 0 Å². The predicted molar refractivity (Wildman–Crippen MR) is 61.3 cm³/mol. The summed E-state index contributed by atoms with van der Waals surface area (Å²) in [6.45, 7) is 8.24. The molecule has 0 heterocycles. The minimum Gasteiger partial charge on any atom is -0.371 e. The Kier molecular flexibility index (Phi) is 4.04. The van der Waals surface area contributed by atoms with E-state index in [0.29, 0.717) is 6.61 Å². The summed E-state index contributed by atoms with van der Waals surface area (Å²) in [6, 6.07) is 5.85. The third kappa shape index (κ3) is 2.90. The lowest BCUT2D eigenvalue weighted by Gasteiger charge is -2.12. The second-order valence-electron chi connectivity index (χ2n) is 3.78. The van der Waals surface area contributed by atoms with Crippen LogP contribution in [-0.4, -0.2) is 18.5 Å². The standard InChI is InChI=1S/C13H18O2/c1-5-15-11(4)13(14)12-7-6-9(2)8-10(12)3/h6-8,11H,5H2,1-4H3. The summed E-state index contributed by atoms with van der Waals surface area (Å²) in [7, 11) is 0. The molecule has 0 spiro atoms. The number of aryl methyl sites for hydroxylation is 2. The number of benzene rings is 1. The molecule has 0 amide bonds. The molecule has 82 valence electrons.